The number of hydrogen-bond donors (Lipinski definition) is 2. The number of thioether (sulfide) groups is 1. The number of hydrogen-bond acceptors (Lipinski definition) is 7. The SMILES string of the molecule is CCNc1nc(NCC2CCSC2)nc(-n2cccn2)n1. The van der Waals surface area contributed by atoms with Crippen molar-refractivity contribution in [1.29, 1.82) is 0 Å². The van der Waals surface area contributed by atoms with E-state index >= 15 is 0 Å². The van der Waals surface area contributed by atoms with E-state index in [1.54, 1.807) is 10.9 Å². The summed E-state index contributed by atoms with van der Waals surface area (Å²) in [6, 6.07) is 1.85. The molecule has 1 atom stereocenters. The van der Waals surface area contributed by atoms with Gasteiger partial charge in [0.1, 0.15) is 0 Å². The van der Waals surface area contributed by atoms with Crippen molar-refractivity contribution in [2.24, 2.45) is 5.92 Å². The maximum atomic E-state index is 4.44. The average molecular weight is 305 g/mol. The van der Waals surface area contributed by atoms with Gasteiger partial charge in [0, 0.05) is 25.5 Å². The van der Waals surface area contributed by atoms with Crippen molar-refractivity contribution in [2.75, 3.05) is 35.2 Å². The van der Waals surface area contributed by atoms with E-state index in [4.69, 9.17) is 0 Å². The highest BCUT2D eigenvalue weighted by Gasteiger charge is 2.16. The molecule has 0 spiro atoms. The molecule has 1 saturated heterocycles. The molecule has 3 heterocycles. The average Bonchev–Trinajstić information content (AvgIpc) is 3.19. The minimum atomic E-state index is 0.522. The zero-order valence-corrected chi connectivity index (χ0v) is 12.8. The Bertz CT molecular complexity index is 566. The number of nitrogens with one attached hydrogen (secondary N) is 2. The van der Waals surface area contributed by atoms with Crippen LogP contribution in [0.4, 0.5) is 11.9 Å². The molecular weight excluding hydrogens is 286 g/mol. The molecule has 3 rings (SSSR count). The first-order valence-corrected chi connectivity index (χ1v) is 8.32. The van der Waals surface area contributed by atoms with Crippen LogP contribution < -0.4 is 10.6 Å². The first kappa shape index (κ1) is 14.1. The fourth-order valence-electron chi connectivity index (χ4n) is 2.15. The van der Waals surface area contributed by atoms with E-state index in [1.165, 1.54) is 17.9 Å². The highest BCUT2D eigenvalue weighted by Crippen LogP contribution is 2.23. The van der Waals surface area contributed by atoms with Crippen LogP contribution in [0.5, 0.6) is 0 Å². The van der Waals surface area contributed by atoms with E-state index in [1.807, 2.05) is 30.9 Å². The molecule has 2 aromatic heterocycles. The summed E-state index contributed by atoms with van der Waals surface area (Å²) in [5.74, 6) is 4.86. The second kappa shape index (κ2) is 6.75. The molecule has 0 bridgehead atoms. The Morgan fingerprint density at radius 3 is 2.81 bits per heavy atom. The fraction of sp³-hybridized carbons (Fsp3) is 0.538. The van der Waals surface area contributed by atoms with Crippen LogP contribution >= 0.6 is 11.8 Å². The predicted molar refractivity (Wildman–Crippen MR) is 85.0 cm³/mol. The number of rotatable bonds is 6. The molecule has 2 aromatic rings. The lowest BCUT2D eigenvalue weighted by Crippen LogP contribution is -2.17. The number of aromatic nitrogens is 5. The lowest BCUT2D eigenvalue weighted by Gasteiger charge is -2.12. The molecule has 1 aliphatic rings. The fourth-order valence-corrected chi connectivity index (χ4v) is 3.44. The van der Waals surface area contributed by atoms with Gasteiger partial charge in [0.05, 0.1) is 0 Å². The van der Waals surface area contributed by atoms with Crippen LogP contribution in [0, 0.1) is 5.92 Å². The van der Waals surface area contributed by atoms with Gasteiger partial charge in [-0.25, -0.2) is 4.68 Å². The van der Waals surface area contributed by atoms with Crippen LogP contribution in [0.3, 0.4) is 0 Å². The standard InChI is InChI=1S/C13H19N7S/c1-2-14-11-17-12(15-8-10-4-7-21-9-10)19-13(18-11)20-6-3-5-16-20/h3,5-6,10H,2,4,7-9H2,1H3,(H2,14,15,17,18,19). The Kier molecular flexibility index (Phi) is 4.54. The molecule has 0 amide bonds. The summed E-state index contributed by atoms with van der Waals surface area (Å²) in [5.41, 5.74) is 0. The quantitative estimate of drug-likeness (QED) is 0.840. The second-order valence-corrected chi connectivity index (χ2v) is 6.02. The molecule has 1 fully saturated rings. The van der Waals surface area contributed by atoms with Gasteiger partial charge in [-0.05, 0) is 36.8 Å². The van der Waals surface area contributed by atoms with Crippen molar-refractivity contribution >= 4 is 23.7 Å². The van der Waals surface area contributed by atoms with Gasteiger partial charge < -0.3 is 10.6 Å². The summed E-state index contributed by atoms with van der Waals surface area (Å²) in [7, 11) is 0. The van der Waals surface area contributed by atoms with E-state index in [9.17, 15) is 0 Å². The van der Waals surface area contributed by atoms with Crippen molar-refractivity contribution in [3.8, 4) is 5.95 Å². The van der Waals surface area contributed by atoms with Gasteiger partial charge in [-0.1, -0.05) is 0 Å². The molecule has 0 saturated carbocycles. The molecular formula is C13H19N7S. The summed E-state index contributed by atoms with van der Waals surface area (Å²) >= 11 is 2.01. The largest absolute Gasteiger partial charge is 0.354 e. The summed E-state index contributed by atoms with van der Waals surface area (Å²) in [6.07, 6.45) is 4.79. The van der Waals surface area contributed by atoms with Crippen molar-refractivity contribution < 1.29 is 0 Å². The highest BCUT2D eigenvalue weighted by molar-refractivity contribution is 7.99. The van der Waals surface area contributed by atoms with Crippen LogP contribution in [0.1, 0.15) is 13.3 Å². The van der Waals surface area contributed by atoms with Crippen LogP contribution in [0.15, 0.2) is 18.5 Å². The van der Waals surface area contributed by atoms with Crippen molar-refractivity contribution in [3.63, 3.8) is 0 Å². The third-order valence-electron chi connectivity index (χ3n) is 3.24. The molecule has 0 radical (unpaired) electrons. The molecule has 1 unspecified atom stereocenters. The van der Waals surface area contributed by atoms with E-state index in [0.717, 1.165) is 13.1 Å². The number of nitrogens with zero attached hydrogens (tertiary/aromatic N) is 5. The first-order chi connectivity index (χ1) is 10.3. The zero-order valence-electron chi connectivity index (χ0n) is 12.0. The van der Waals surface area contributed by atoms with Gasteiger partial charge in [-0.15, -0.1) is 0 Å². The van der Waals surface area contributed by atoms with E-state index in [2.05, 4.69) is 30.7 Å². The molecule has 2 N–H and O–H groups in total. The molecule has 112 valence electrons. The molecule has 7 nitrogen and oxygen atoms in total. The van der Waals surface area contributed by atoms with Gasteiger partial charge in [-0.3, -0.25) is 0 Å². The predicted octanol–water partition coefficient (Wildman–Crippen LogP) is 1.65. The zero-order chi connectivity index (χ0) is 14.5. The van der Waals surface area contributed by atoms with Gasteiger partial charge in [0.25, 0.3) is 5.95 Å². The van der Waals surface area contributed by atoms with Crippen LogP contribution in [-0.2, 0) is 0 Å². The smallest absolute Gasteiger partial charge is 0.257 e. The molecule has 0 aliphatic carbocycles. The minimum absolute atomic E-state index is 0.522. The lowest BCUT2D eigenvalue weighted by atomic mass is 10.1. The third-order valence-corrected chi connectivity index (χ3v) is 4.47. The van der Waals surface area contributed by atoms with Gasteiger partial charge in [0.2, 0.25) is 11.9 Å². The summed E-state index contributed by atoms with van der Waals surface area (Å²) in [4.78, 5) is 13.2. The number of anilines is 2. The maximum absolute atomic E-state index is 4.44. The van der Waals surface area contributed by atoms with Crippen LogP contribution in [-0.4, -0.2) is 49.3 Å². The van der Waals surface area contributed by atoms with E-state index < -0.39 is 0 Å². The monoisotopic (exact) mass is 305 g/mol. The van der Waals surface area contributed by atoms with Gasteiger partial charge in [0.15, 0.2) is 0 Å². The Labute approximate surface area is 128 Å². The second-order valence-electron chi connectivity index (χ2n) is 4.87. The summed E-state index contributed by atoms with van der Waals surface area (Å²) in [6.45, 7) is 3.68. The van der Waals surface area contributed by atoms with Gasteiger partial charge >= 0.3 is 0 Å². The van der Waals surface area contributed by atoms with Crippen molar-refractivity contribution in [2.45, 2.75) is 13.3 Å². The Morgan fingerprint density at radius 2 is 2.14 bits per heavy atom. The molecule has 1 aliphatic heterocycles. The minimum Gasteiger partial charge on any atom is -0.354 e. The Hall–Kier alpha value is -1.83. The summed E-state index contributed by atoms with van der Waals surface area (Å²) < 4.78 is 1.64. The summed E-state index contributed by atoms with van der Waals surface area (Å²) in [5, 5.41) is 10.6. The van der Waals surface area contributed by atoms with Gasteiger partial charge in [-0.2, -0.15) is 31.8 Å². The topological polar surface area (TPSA) is 80.5 Å². The van der Waals surface area contributed by atoms with Crippen LogP contribution in [0.25, 0.3) is 5.95 Å². The van der Waals surface area contributed by atoms with E-state index in [0.29, 0.717) is 23.8 Å². The van der Waals surface area contributed by atoms with E-state index in [-0.39, 0.29) is 0 Å². The maximum Gasteiger partial charge on any atom is 0.257 e. The van der Waals surface area contributed by atoms with Crippen molar-refractivity contribution in [3.05, 3.63) is 18.5 Å². The Morgan fingerprint density at radius 1 is 1.29 bits per heavy atom. The third kappa shape index (κ3) is 3.63. The molecule has 21 heavy (non-hydrogen) atoms. The normalized spacial score (nSPS) is 17.9. The highest BCUT2D eigenvalue weighted by atomic mass is 32.2. The molecule has 8 heteroatoms. The molecule has 0 aromatic carbocycles. The van der Waals surface area contributed by atoms with Crippen molar-refractivity contribution in [1.82, 2.24) is 24.7 Å². The first-order valence-electron chi connectivity index (χ1n) is 7.16. The lowest BCUT2D eigenvalue weighted by molar-refractivity contribution is 0.628. The van der Waals surface area contributed by atoms with Crippen LogP contribution in [0.2, 0.25) is 0 Å². The Balaban J connectivity index is 1.77.